The van der Waals surface area contributed by atoms with Crippen LogP contribution in [0.5, 0.6) is 0 Å². The molecule has 1 aliphatic heterocycles. The van der Waals surface area contributed by atoms with Gasteiger partial charge in [-0.3, -0.25) is 0 Å². The third kappa shape index (κ3) is 5.49. The van der Waals surface area contributed by atoms with E-state index < -0.39 is 8.32 Å². The van der Waals surface area contributed by atoms with Gasteiger partial charge < -0.3 is 9.33 Å². The zero-order valence-corrected chi connectivity index (χ0v) is 27.0. The van der Waals surface area contributed by atoms with Gasteiger partial charge in [-0.15, -0.1) is 22.7 Å². The van der Waals surface area contributed by atoms with E-state index in [9.17, 15) is 0 Å². The minimum atomic E-state index is -1.67. The van der Waals surface area contributed by atoms with E-state index in [4.69, 9.17) is 16.0 Å². The van der Waals surface area contributed by atoms with Gasteiger partial charge >= 0.3 is 0 Å². The lowest BCUT2D eigenvalue weighted by molar-refractivity contribution is 0.205. The van der Waals surface area contributed by atoms with Crippen LogP contribution >= 0.6 is 34.3 Å². The van der Waals surface area contributed by atoms with Crippen LogP contribution in [0.25, 0.3) is 21.2 Å². The van der Waals surface area contributed by atoms with E-state index in [0.29, 0.717) is 5.92 Å². The Bertz CT molecular complexity index is 1320. The number of anilines is 1. The molecule has 2 aliphatic rings. The minimum absolute atomic E-state index is 0.280. The van der Waals surface area contributed by atoms with Crippen molar-refractivity contribution in [2.24, 2.45) is 5.92 Å². The van der Waals surface area contributed by atoms with Crippen LogP contribution in [-0.2, 0) is 4.43 Å². The van der Waals surface area contributed by atoms with Crippen LogP contribution in [0.3, 0.4) is 0 Å². The van der Waals surface area contributed by atoms with Crippen LogP contribution in [-0.4, -0.2) is 28.0 Å². The first-order chi connectivity index (χ1) is 17.4. The summed E-state index contributed by atoms with van der Waals surface area (Å²) in [4.78, 5) is 5.39. The maximum atomic E-state index is 6.57. The Morgan fingerprint density at radius 3 is 2.35 bits per heavy atom. The highest BCUT2D eigenvalue weighted by Crippen LogP contribution is 2.48. The molecule has 2 aromatic heterocycles. The lowest BCUT2D eigenvalue weighted by Crippen LogP contribution is -2.43. The van der Waals surface area contributed by atoms with Crippen LogP contribution in [0.2, 0.25) is 22.5 Å². The number of halogens is 1. The van der Waals surface area contributed by atoms with Crippen LogP contribution in [0, 0.1) is 19.8 Å². The third-order valence-electron chi connectivity index (χ3n) is 9.05. The van der Waals surface area contributed by atoms with Gasteiger partial charge in [0.1, 0.15) is 0 Å². The Hall–Kier alpha value is -1.11. The monoisotopic (exact) mass is 571 g/mol. The standard InChI is InChI=1S/C31H42ClNOS2Si/c1-20-26(18-29(32)36-20)24-9-8-10-25(24)30-21(2)35-28-12-11-23(17-27(28)30)33-15-13-22(14-16-33)19-34-37(6,7)31(3,4)5/h11-12,17-18,22H,8-10,13-16,19H2,1-7H3. The second-order valence-electron chi connectivity index (χ2n) is 12.5. The van der Waals surface area contributed by atoms with Crippen LogP contribution < -0.4 is 4.90 Å². The molecule has 1 aliphatic carbocycles. The maximum Gasteiger partial charge on any atom is 0.191 e. The summed E-state index contributed by atoms with van der Waals surface area (Å²) in [6.07, 6.45) is 5.99. The van der Waals surface area contributed by atoms with Gasteiger partial charge in [-0.05, 0) is 117 Å². The lowest BCUT2D eigenvalue weighted by atomic mass is 9.94. The van der Waals surface area contributed by atoms with E-state index in [2.05, 4.69) is 76.9 Å². The molecule has 0 saturated carbocycles. The van der Waals surface area contributed by atoms with Gasteiger partial charge in [-0.1, -0.05) is 32.4 Å². The number of thiophene rings is 2. The largest absolute Gasteiger partial charge is 0.417 e. The van der Waals surface area contributed by atoms with Crippen molar-refractivity contribution >= 4 is 69.5 Å². The smallest absolute Gasteiger partial charge is 0.191 e. The average Bonchev–Trinajstić information content (AvgIpc) is 3.52. The van der Waals surface area contributed by atoms with Crippen molar-refractivity contribution in [1.29, 1.82) is 0 Å². The number of fused-ring (bicyclic) bond motifs is 1. The summed E-state index contributed by atoms with van der Waals surface area (Å²) in [5, 5.41) is 1.72. The summed E-state index contributed by atoms with van der Waals surface area (Å²) >= 11 is 10.1. The molecular weight excluding hydrogens is 530 g/mol. The van der Waals surface area contributed by atoms with Crippen molar-refractivity contribution in [3.05, 3.63) is 49.5 Å². The molecule has 6 heteroatoms. The van der Waals surface area contributed by atoms with Gasteiger partial charge in [0, 0.05) is 45.2 Å². The number of hydrogen-bond donors (Lipinski definition) is 0. The van der Waals surface area contributed by atoms with Gasteiger partial charge in [0.25, 0.3) is 0 Å². The van der Waals surface area contributed by atoms with Crippen molar-refractivity contribution in [3.63, 3.8) is 0 Å². The Labute approximate surface area is 237 Å². The molecule has 0 spiro atoms. The second kappa shape index (κ2) is 10.5. The average molecular weight is 572 g/mol. The van der Waals surface area contributed by atoms with Gasteiger partial charge in [-0.25, -0.2) is 0 Å². The van der Waals surface area contributed by atoms with Crippen LogP contribution in [0.4, 0.5) is 5.69 Å². The van der Waals surface area contributed by atoms with E-state index in [1.165, 1.54) is 67.9 Å². The van der Waals surface area contributed by atoms with Gasteiger partial charge in [0.2, 0.25) is 0 Å². The fourth-order valence-corrected chi connectivity index (χ4v) is 9.12. The fourth-order valence-electron chi connectivity index (χ4n) is 5.74. The zero-order chi connectivity index (χ0) is 26.5. The highest BCUT2D eigenvalue weighted by molar-refractivity contribution is 7.19. The summed E-state index contributed by atoms with van der Waals surface area (Å²) in [7, 11) is -1.67. The minimum Gasteiger partial charge on any atom is -0.417 e. The molecular formula is C31H42ClNOS2Si. The Balaban J connectivity index is 1.36. The Kier molecular flexibility index (Phi) is 7.76. The molecule has 0 N–H and O–H groups in total. The first kappa shape index (κ1) is 27.5. The lowest BCUT2D eigenvalue weighted by Gasteiger charge is -2.39. The van der Waals surface area contributed by atoms with Crippen LogP contribution in [0.1, 0.15) is 73.8 Å². The van der Waals surface area contributed by atoms with Crippen molar-refractivity contribution < 1.29 is 4.43 Å². The van der Waals surface area contributed by atoms with Crippen molar-refractivity contribution in [2.75, 3.05) is 24.6 Å². The molecule has 0 bridgehead atoms. The molecule has 1 aromatic carbocycles. The van der Waals surface area contributed by atoms with Gasteiger partial charge in [0.15, 0.2) is 8.32 Å². The summed E-state index contributed by atoms with van der Waals surface area (Å²) in [6, 6.07) is 9.38. The molecule has 0 radical (unpaired) electrons. The molecule has 0 atom stereocenters. The van der Waals surface area contributed by atoms with Crippen LogP contribution in [0.15, 0.2) is 24.3 Å². The zero-order valence-electron chi connectivity index (χ0n) is 23.6. The van der Waals surface area contributed by atoms with Crippen molar-refractivity contribution in [1.82, 2.24) is 0 Å². The maximum absolute atomic E-state index is 6.57. The number of benzene rings is 1. The number of rotatable bonds is 6. The van der Waals surface area contributed by atoms with E-state index >= 15 is 0 Å². The third-order valence-corrected chi connectivity index (χ3v) is 15.8. The molecule has 1 saturated heterocycles. The second-order valence-corrected chi connectivity index (χ2v) is 20.5. The van der Waals surface area contributed by atoms with E-state index in [1.54, 1.807) is 16.9 Å². The SMILES string of the molecule is Cc1sc(Cl)cc1C1=C(c2c(C)sc3ccc(N4CCC(CO[Si](C)(C)C(C)(C)C)CC4)cc23)CCC1. The predicted octanol–water partition coefficient (Wildman–Crippen LogP) is 10.6. The van der Waals surface area contributed by atoms with E-state index in [-0.39, 0.29) is 5.04 Å². The molecule has 2 nitrogen and oxygen atoms in total. The van der Waals surface area contributed by atoms with Crippen molar-refractivity contribution in [3.8, 4) is 0 Å². The highest BCUT2D eigenvalue weighted by Gasteiger charge is 2.38. The van der Waals surface area contributed by atoms with E-state index in [0.717, 1.165) is 30.5 Å². The first-order valence-electron chi connectivity index (χ1n) is 13.9. The topological polar surface area (TPSA) is 12.5 Å². The first-order valence-corrected chi connectivity index (χ1v) is 18.8. The summed E-state index contributed by atoms with van der Waals surface area (Å²) < 4.78 is 8.88. The van der Waals surface area contributed by atoms with Gasteiger partial charge in [-0.2, -0.15) is 0 Å². The van der Waals surface area contributed by atoms with Gasteiger partial charge in [0.05, 0.1) is 4.34 Å². The molecule has 3 heterocycles. The summed E-state index contributed by atoms with van der Waals surface area (Å²) in [5.74, 6) is 0.680. The molecule has 0 unspecified atom stereocenters. The highest BCUT2D eigenvalue weighted by atomic mass is 35.5. The van der Waals surface area contributed by atoms with E-state index in [1.807, 2.05) is 11.3 Å². The predicted molar refractivity (Wildman–Crippen MR) is 169 cm³/mol. The Morgan fingerprint density at radius 2 is 1.70 bits per heavy atom. The number of hydrogen-bond acceptors (Lipinski definition) is 4. The molecule has 37 heavy (non-hydrogen) atoms. The number of allylic oxidation sites excluding steroid dienone is 2. The molecule has 200 valence electrons. The summed E-state index contributed by atoms with van der Waals surface area (Å²) in [6.45, 7) is 19.4. The fraction of sp³-hybridized carbons (Fsp3) is 0.548. The number of piperidine rings is 1. The number of nitrogens with zero attached hydrogens (tertiary/aromatic N) is 1. The summed E-state index contributed by atoms with van der Waals surface area (Å²) in [5.41, 5.74) is 7.33. The van der Waals surface area contributed by atoms with Crippen molar-refractivity contribution in [2.45, 2.75) is 84.9 Å². The Morgan fingerprint density at radius 1 is 1.00 bits per heavy atom. The molecule has 5 rings (SSSR count). The number of aryl methyl sites for hydroxylation is 2. The molecule has 0 amide bonds. The molecule has 1 fully saturated rings. The quantitative estimate of drug-likeness (QED) is 0.273. The normalized spacial score (nSPS) is 18.0. The molecule has 3 aromatic rings.